The first-order valence-electron chi connectivity index (χ1n) is 11.7. The van der Waals surface area contributed by atoms with Crippen LogP contribution in [0.15, 0.2) is 122 Å². The molecule has 2 nitrogen and oxygen atoms in total. The minimum Gasteiger partial charge on any atom is -0.264 e. The summed E-state index contributed by atoms with van der Waals surface area (Å²) < 4.78 is 1.20. The molecule has 35 heavy (non-hydrogen) atoms. The maximum absolute atomic E-state index is 4.98. The molecule has 0 unspecified atom stereocenters. The minimum absolute atomic E-state index is 1.03. The van der Waals surface area contributed by atoms with Gasteiger partial charge in [0.1, 0.15) is 5.01 Å². The molecule has 0 bridgehead atoms. The number of para-hydroxylation sites is 1. The van der Waals surface area contributed by atoms with E-state index in [0.29, 0.717) is 0 Å². The summed E-state index contributed by atoms with van der Waals surface area (Å²) in [6, 6.07) is 38.9. The third-order valence-corrected chi connectivity index (χ3v) is 7.61. The standard InChI is InChI=1S/C32H20N2S/c1-3-11-27-21(8-1)16-22-9-2-4-12-28(22)31(27)25-17-24(23-10-7-15-33-20-23)18-26(19-25)32-34-29-13-5-6-14-30(29)35-32/h1-20H. The fraction of sp³-hybridized carbons (Fsp3) is 0. The quantitative estimate of drug-likeness (QED) is 0.244. The monoisotopic (exact) mass is 464 g/mol. The van der Waals surface area contributed by atoms with Gasteiger partial charge in [0.15, 0.2) is 0 Å². The average Bonchev–Trinajstić information content (AvgIpc) is 3.36. The molecular formula is C32H20N2S. The van der Waals surface area contributed by atoms with Crippen molar-refractivity contribution in [2.75, 3.05) is 0 Å². The first-order valence-corrected chi connectivity index (χ1v) is 12.5. The fourth-order valence-electron chi connectivity index (χ4n) is 4.92. The summed E-state index contributed by atoms with van der Waals surface area (Å²) in [6.45, 7) is 0. The number of rotatable bonds is 3. The van der Waals surface area contributed by atoms with Gasteiger partial charge >= 0.3 is 0 Å². The number of hydrogen-bond acceptors (Lipinski definition) is 3. The number of fused-ring (bicyclic) bond motifs is 3. The van der Waals surface area contributed by atoms with Crippen molar-refractivity contribution in [2.24, 2.45) is 0 Å². The van der Waals surface area contributed by atoms with Crippen molar-refractivity contribution in [3.8, 4) is 32.8 Å². The van der Waals surface area contributed by atoms with Crippen LogP contribution in [0.25, 0.3) is 64.6 Å². The van der Waals surface area contributed by atoms with Gasteiger partial charge in [-0.25, -0.2) is 4.98 Å². The number of aromatic nitrogens is 2. The highest BCUT2D eigenvalue weighted by Gasteiger charge is 2.15. The van der Waals surface area contributed by atoms with Crippen LogP contribution in [-0.2, 0) is 0 Å². The molecule has 0 saturated heterocycles. The zero-order valence-electron chi connectivity index (χ0n) is 18.8. The van der Waals surface area contributed by atoms with Crippen molar-refractivity contribution in [2.45, 2.75) is 0 Å². The molecule has 0 aliphatic rings. The Kier molecular flexibility index (Phi) is 4.68. The maximum atomic E-state index is 4.98. The van der Waals surface area contributed by atoms with Crippen LogP contribution in [0.4, 0.5) is 0 Å². The second-order valence-electron chi connectivity index (χ2n) is 8.72. The molecule has 0 aliphatic heterocycles. The van der Waals surface area contributed by atoms with E-state index in [-0.39, 0.29) is 0 Å². The number of benzene rings is 5. The molecule has 5 aromatic carbocycles. The van der Waals surface area contributed by atoms with Gasteiger partial charge in [-0.15, -0.1) is 11.3 Å². The highest BCUT2D eigenvalue weighted by molar-refractivity contribution is 7.21. The molecule has 0 saturated carbocycles. The fourth-order valence-corrected chi connectivity index (χ4v) is 5.87. The van der Waals surface area contributed by atoms with E-state index in [0.717, 1.165) is 27.2 Å². The lowest BCUT2D eigenvalue weighted by Gasteiger charge is -2.15. The molecular weight excluding hydrogens is 444 g/mol. The highest BCUT2D eigenvalue weighted by atomic mass is 32.1. The molecule has 3 heteroatoms. The van der Waals surface area contributed by atoms with Crippen molar-refractivity contribution >= 4 is 43.1 Å². The number of hydrogen-bond donors (Lipinski definition) is 0. The van der Waals surface area contributed by atoms with Gasteiger partial charge in [-0.2, -0.15) is 0 Å². The Balaban J connectivity index is 1.56. The Morgan fingerprint density at radius 3 is 1.97 bits per heavy atom. The SMILES string of the molecule is c1cncc(-c2cc(-c3nc4ccccc4s3)cc(-c3c4ccccc4cc4ccccc34)c2)c1. The highest BCUT2D eigenvalue weighted by Crippen LogP contribution is 2.41. The third-order valence-electron chi connectivity index (χ3n) is 6.53. The van der Waals surface area contributed by atoms with E-state index in [4.69, 9.17) is 4.98 Å². The van der Waals surface area contributed by atoms with Gasteiger partial charge < -0.3 is 0 Å². The predicted octanol–water partition coefficient (Wildman–Crippen LogP) is 9.00. The van der Waals surface area contributed by atoms with E-state index >= 15 is 0 Å². The van der Waals surface area contributed by atoms with Crippen LogP contribution >= 0.6 is 11.3 Å². The third kappa shape index (κ3) is 3.49. The van der Waals surface area contributed by atoms with Crippen LogP contribution in [0.2, 0.25) is 0 Å². The van der Waals surface area contributed by atoms with Gasteiger partial charge in [0, 0.05) is 23.5 Å². The van der Waals surface area contributed by atoms with Crippen LogP contribution in [0.3, 0.4) is 0 Å². The first-order chi connectivity index (χ1) is 17.3. The molecule has 0 radical (unpaired) electrons. The predicted molar refractivity (Wildman–Crippen MR) is 149 cm³/mol. The minimum atomic E-state index is 1.03. The average molecular weight is 465 g/mol. The Morgan fingerprint density at radius 2 is 1.23 bits per heavy atom. The van der Waals surface area contributed by atoms with E-state index in [1.54, 1.807) is 11.3 Å². The second-order valence-corrected chi connectivity index (χ2v) is 9.75. The number of pyridine rings is 1. The summed E-state index contributed by atoms with van der Waals surface area (Å²) in [6.07, 6.45) is 3.75. The van der Waals surface area contributed by atoms with Crippen molar-refractivity contribution in [1.29, 1.82) is 0 Å². The summed E-state index contributed by atoms with van der Waals surface area (Å²) in [4.78, 5) is 9.37. The van der Waals surface area contributed by atoms with Crippen molar-refractivity contribution < 1.29 is 0 Å². The molecule has 7 aromatic rings. The lowest BCUT2D eigenvalue weighted by Crippen LogP contribution is -1.89. The Hall–Kier alpha value is -4.34. The van der Waals surface area contributed by atoms with Gasteiger partial charge in [0.25, 0.3) is 0 Å². The summed E-state index contributed by atoms with van der Waals surface area (Å²) in [5.41, 5.74) is 6.85. The lowest BCUT2D eigenvalue weighted by atomic mass is 9.89. The largest absolute Gasteiger partial charge is 0.264 e. The smallest absolute Gasteiger partial charge is 0.124 e. The molecule has 2 aromatic heterocycles. The first kappa shape index (κ1) is 20.1. The molecule has 0 amide bonds. The Morgan fingerprint density at radius 1 is 0.543 bits per heavy atom. The maximum Gasteiger partial charge on any atom is 0.124 e. The van der Waals surface area contributed by atoms with Gasteiger partial charge in [-0.3, -0.25) is 4.98 Å². The zero-order valence-corrected chi connectivity index (χ0v) is 19.7. The van der Waals surface area contributed by atoms with Gasteiger partial charge in [0.2, 0.25) is 0 Å². The van der Waals surface area contributed by atoms with Crippen LogP contribution in [0.1, 0.15) is 0 Å². The molecule has 7 rings (SSSR count). The molecule has 0 atom stereocenters. The summed E-state index contributed by atoms with van der Waals surface area (Å²) >= 11 is 1.74. The Labute approximate surface area is 207 Å². The van der Waals surface area contributed by atoms with Gasteiger partial charge in [0.05, 0.1) is 10.2 Å². The van der Waals surface area contributed by atoms with Crippen molar-refractivity contribution in [1.82, 2.24) is 9.97 Å². The summed E-state index contributed by atoms with van der Waals surface area (Å²) in [5.74, 6) is 0. The van der Waals surface area contributed by atoms with E-state index in [1.807, 2.05) is 24.5 Å². The molecule has 0 spiro atoms. The molecule has 0 aliphatic carbocycles. The van der Waals surface area contributed by atoms with E-state index in [9.17, 15) is 0 Å². The Bertz CT molecular complexity index is 1760. The van der Waals surface area contributed by atoms with Crippen molar-refractivity contribution in [3.05, 3.63) is 122 Å². The van der Waals surface area contributed by atoms with Crippen LogP contribution in [-0.4, -0.2) is 9.97 Å². The normalized spacial score (nSPS) is 11.4. The number of thiazole rings is 1. The van der Waals surface area contributed by atoms with Crippen molar-refractivity contribution in [3.63, 3.8) is 0 Å². The van der Waals surface area contributed by atoms with Crippen LogP contribution in [0.5, 0.6) is 0 Å². The topological polar surface area (TPSA) is 25.8 Å². The van der Waals surface area contributed by atoms with Crippen LogP contribution in [0, 0.1) is 0 Å². The van der Waals surface area contributed by atoms with E-state index in [1.165, 1.54) is 37.4 Å². The summed E-state index contributed by atoms with van der Waals surface area (Å²) in [7, 11) is 0. The molecule has 2 heterocycles. The summed E-state index contributed by atoms with van der Waals surface area (Å²) in [5, 5.41) is 6.03. The second kappa shape index (κ2) is 8.15. The van der Waals surface area contributed by atoms with E-state index in [2.05, 4.69) is 102 Å². The van der Waals surface area contributed by atoms with E-state index < -0.39 is 0 Å². The van der Waals surface area contributed by atoms with Gasteiger partial charge in [-0.05, 0) is 80.7 Å². The molecule has 0 fully saturated rings. The number of nitrogens with zero attached hydrogens (tertiary/aromatic N) is 2. The van der Waals surface area contributed by atoms with Gasteiger partial charge in [-0.1, -0.05) is 66.7 Å². The molecule has 0 N–H and O–H groups in total. The lowest BCUT2D eigenvalue weighted by molar-refractivity contribution is 1.33. The zero-order chi connectivity index (χ0) is 23.2. The van der Waals surface area contributed by atoms with Crippen LogP contribution < -0.4 is 0 Å². The molecule has 164 valence electrons.